The first-order valence-corrected chi connectivity index (χ1v) is 6.24. The van der Waals surface area contributed by atoms with Crippen LogP contribution in [0.2, 0.25) is 0 Å². The maximum absolute atomic E-state index is 4.50. The summed E-state index contributed by atoms with van der Waals surface area (Å²) in [5.41, 5.74) is 2.50. The van der Waals surface area contributed by atoms with Gasteiger partial charge in [-0.2, -0.15) is 15.1 Å². The SMILES string of the molecule is CCCNc1nc(-n2cc(C)cn2)c2[nH]cnc2n1. The minimum Gasteiger partial charge on any atom is -0.354 e. The van der Waals surface area contributed by atoms with E-state index in [0.29, 0.717) is 17.4 Å². The number of nitrogens with one attached hydrogen (secondary N) is 2. The van der Waals surface area contributed by atoms with Gasteiger partial charge in [0, 0.05) is 12.7 Å². The predicted octanol–water partition coefficient (Wildman–Crippen LogP) is 1.67. The number of hydrogen-bond acceptors (Lipinski definition) is 5. The van der Waals surface area contributed by atoms with Crippen LogP contribution in [0.4, 0.5) is 5.95 Å². The number of imidazole rings is 1. The highest BCUT2D eigenvalue weighted by Gasteiger charge is 2.12. The van der Waals surface area contributed by atoms with E-state index in [0.717, 1.165) is 24.0 Å². The number of aromatic nitrogens is 6. The third kappa shape index (κ3) is 2.14. The van der Waals surface area contributed by atoms with E-state index in [1.165, 1.54) is 0 Å². The van der Waals surface area contributed by atoms with Gasteiger partial charge >= 0.3 is 0 Å². The normalized spacial score (nSPS) is 11.1. The standard InChI is InChI=1S/C12H15N7/c1-3-4-13-12-17-10-9(14-7-15-10)11(18-12)19-6-8(2)5-16-19/h5-7H,3-4H2,1-2H3,(H2,13,14,15,17,18). The molecule has 0 fully saturated rings. The van der Waals surface area contributed by atoms with Gasteiger partial charge in [-0.05, 0) is 18.9 Å². The topological polar surface area (TPSA) is 84.3 Å². The summed E-state index contributed by atoms with van der Waals surface area (Å²) in [5.74, 6) is 1.28. The summed E-state index contributed by atoms with van der Waals surface area (Å²) in [6.45, 7) is 4.91. The molecule has 3 aromatic rings. The van der Waals surface area contributed by atoms with Crippen LogP contribution >= 0.6 is 0 Å². The molecule has 3 heterocycles. The first kappa shape index (κ1) is 11.6. The Bertz CT molecular complexity index is 697. The molecule has 0 unspecified atom stereocenters. The van der Waals surface area contributed by atoms with E-state index in [-0.39, 0.29) is 0 Å². The quantitative estimate of drug-likeness (QED) is 0.742. The largest absolute Gasteiger partial charge is 0.354 e. The molecule has 7 heteroatoms. The average molecular weight is 257 g/mol. The summed E-state index contributed by atoms with van der Waals surface area (Å²) in [6.07, 6.45) is 6.34. The third-order valence-corrected chi connectivity index (χ3v) is 2.73. The van der Waals surface area contributed by atoms with Gasteiger partial charge < -0.3 is 10.3 Å². The summed E-state index contributed by atoms with van der Waals surface area (Å²) < 4.78 is 1.73. The van der Waals surface area contributed by atoms with Crippen LogP contribution in [0.5, 0.6) is 0 Å². The molecule has 0 radical (unpaired) electrons. The molecule has 0 aliphatic rings. The zero-order valence-corrected chi connectivity index (χ0v) is 10.9. The maximum Gasteiger partial charge on any atom is 0.226 e. The van der Waals surface area contributed by atoms with Crippen LogP contribution in [0.15, 0.2) is 18.7 Å². The van der Waals surface area contributed by atoms with Crippen LogP contribution in [0.25, 0.3) is 17.0 Å². The molecular formula is C12H15N7. The van der Waals surface area contributed by atoms with Crippen molar-refractivity contribution in [1.29, 1.82) is 0 Å². The Morgan fingerprint density at radius 3 is 3.00 bits per heavy atom. The zero-order chi connectivity index (χ0) is 13.2. The minimum absolute atomic E-state index is 0.574. The highest BCUT2D eigenvalue weighted by molar-refractivity contribution is 5.79. The van der Waals surface area contributed by atoms with E-state index in [1.54, 1.807) is 17.2 Å². The molecular weight excluding hydrogens is 242 g/mol. The molecule has 0 saturated heterocycles. The van der Waals surface area contributed by atoms with Gasteiger partial charge in [0.1, 0.15) is 5.52 Å². The molecule has 98 valence electrons. The molecule has 0 amide bonds. The van der Waals surface area contributed by atoms with Crippen LogP contribution in [-0.2, 0) is 0 Å². The molecule has 0 aliphatic heterocycles. The summed E-state index contributed by atoms with van der Waals surface area (Å²) >= 11 is 0. The van der Waals surface area contributed by atoms with Crippen molar-refractivity contribution < 1.29 is 0 Å². The predicted molar refractivity (Wildman–Crippen MR) is 72.3 cm³/mol. The summed E-state index contributed by atoms with van der Waals surface area (Å²) in [6, 6.07) is 0. The molecule has 0 aromatic carbocycles. The second kappa shape index (κ2) is 4.68. The first-order chi connectivity index (χ1) is 9.28. The fourth-order valence-electron chi connectivity index (χ4n) is 1.83. The monoisotopic (exact) mass is 257 g/mol. The Labute approximate surface area is 110 Å². The second-order valence-electron chi connectivity index (χ2n) is 4.36. The fraction of sp³-hybridized carbons (Fsp3) is 0.333. The molecule has 0 aliphatic carbocycles. The zero-order valence-electron chi connectivity index (χ0n) is 10.9. The number of aromatic amines is 1. The number of anilines is 1. The molecule has 19 heavy (non-hydrogen) atoms. The van der Waals surface area contributed by atoms with E-state index < -0.39 is 0 Å². The van der Waals surface area contributed by atoms with Gasteiger partial charge in [0.2, 0.25) is 5.95 Å². The molecule has 3 aromatic heterocycles. The van der Waals surface area contributed by atoms with Gasteiger partial charge in [0.25, 0.3) is 0 Å². The van der Waals surface area contributed by atoms with E-state index in [9.17, 15) is 0 Å². The van der Waals surface area contributed by atoms with Crippen LogP contribution in [0.3, 0.4) is 0 Å². The Hall–Kier alpha value is -2.44. The number of H-pyrrole nitrogens is 1. The molecule has 7 nitrogen and oxygen atoms in total. The van der Waals surface area contributed by atoms with E-state index in [1.807, 2.05) is 13.1 Å². The maximum atomic E-state index is 4.50. The number of fused-ring (bicyclic) bond motifs is 1. The highest BCUT2D eigenvalue weighted by Crippen LogP contribution is 2.17. The van der Waals surface area contributed by atoms with Crippen molar-refractivity contribution in [2.75, 3.05) is 11.9 Å². The van der Waals surface area contributed by atoms with Crippen LogP contribution in [0, 0.1) is 6.92 Å². The highest BCUT2D eigenvalue weighted by atomic mass is 15.3. The van der Waals surface area contributed by atoms with E-state index in [4.69, 9.17) is 0 Å². The number of rotatable bonds is 4. The van der Waals surface area contributed by atoms with Crippen molar-refractivity contribution >= 4 is 17.1 Å². The van der Waals surface area contributed by atoms with Crippen LogP contribution in [-0.4, -0.2) is 36.3 Å². The van der Waals surface area contributed by atoms with Gasteiger partial charge in [-0.1, -0.05) is 6.92 Å². The molecule has 0 atom stereocenters. The lowest BCUT2D eigenvalue weighted by atomic mass is 10.4. The number of nitrogens with zero attached hydrogens (tertiary/aromatic N) is 5. The summed E-state index contributed by atoms with van der Waals surface area (Å²) in [5, 5.41) is 7.46. The van der Waals surface area contributed by atoms with Crippen molar-refractivity contribution in [1.82, 2.24) is 29.7 Å². The average Bonchev–Trinajstić information content (AvgIpc) is 3.03. The fourth-order valence-corrected chi connectivity index (χ4v) is 1.83. The van der Waals surface area contributed by atoms with Gasteiger partial charge in [-0.15, -0.1) is 0 Å². The second-order valence-corrected chi connectivity index (χ2v) is 4.36. The number of hydrogen-bond donors (Lipinski definition) is 2. The lowest BCUT2D eigenvalue weighted by molar-refractivity contribution is 0.845. The summed E-state index contributed by atoms with van der Waals surface area (Å²) in [7, 11) is 0. The molecule has 3 rings (SSSR count). The lowest BCUT2D eigenvalue weighted by Crippen LogP contribution is -2.08. The third-order valence-electron chi connectivity index (χ3n) is 2.73. The minimum atomic E-state index is 0.574. The number of aryl methyl sites for hydroxylation is 1. The molecule has 0 saturated carbocycles. The Kier molecular flexibility index (Phi) is 2.86. The Balaban J connectivity index is 2.12. The van der Waals surface area contributed by atoms with Crippen molar-refractivity contribution in [3.8, 4) is 5.82 Å². The molecule has 2 N–H and O–H groups in total. The van der Waals surface area contributed by atoms with Gasteiger partial charge in [-0.25, -0.2) is 9.67 Å². The first-order valence-electron chi connectivity index (χ1n) is 6.24. The molecule has 0 bridgehead atoms. The van der Waals surface area contributed by atoms with Crippen LogP contribution in [0.1, 0.15) is 18.9 Å². The van der Waals surface area contributed by atoms with Crippen molar-refractivity contribution in [3.63, 3.8) is 0 Å². The van der Waals surface area contributed by atoms with Crippen molar-refractivity contribution in [3.05, 3.63) is 24.3 Å². The van der Waals surface area contributed by atoms with Gasteiger partial charge in [0.05, 0.1) is 12.5 Å². The van der Waals surface area contributed by atoms with Gasteiger partial charge in [0.15, 0.2) is 11.5 Å². The van der Waals surface area contributed by atoms with E-state index >= 15 is 0 Å². The molecule has 0 spiro atoms. The Morgan fingerprint density at radius 1 is 1.37 bits per heavy atom. The summed E-state index contributed by atoms with van der Waals surface area (Å²) in [4.78, 5) is 16.1. The van der Waals surface area contributed by atoms with Crippen molar-refractivity contribution in [2.45, 2.75) is 20.3 Å². The van der Waals surface area contributed by atoms with Crippen LogP contribution < -0.4 is 5.32 Å². The van der Waals surface area contributed by atoms with E-state index in [2.05, 4.69) is 37.3 Å². The van der Waals surface area contributed by atoms with Crippen molar-refractivity contribution in [2.24, 2.45) is 0 Å². The Morgan fingerprint density at radius 2 is 2.26 bits per heavy atom. The van der Waals surface area contributed by atoms with Gasteiger partial charge in [-0.3, -0.25) is 0 Å². The smallest absolute Gasteiger partial charge is 0.226 e. The lowest BCUT2D eigenvalue weighted by Gasteiger charge is -2.06.